The van der Waals surface area contributed by atoms with Gasteiger partial charge in [0, 0.05) is 22.3 Å². The van der Waals surface area contributed by atoms with Gasteiger partial charge in [-0.05, 0) is 56.3 Å². The Kier molecular flexibility index (Phi) is 5.69. The third-order valence-corrected chi connectivity index (χ3v) is 3.76. The second kappa shape index (κ2) is 7.52. The van der Waals surface area contributed by atoms with E-state index in [4.69, 9.17) is 27.9 Å². The molecule has 0 aromatic heterocycles. The lowest BCUT2D eigenvalue weighted by atomic mass is 10.2. The molecule has 0 fully saturated rings. The minimum atomic E-state index is -0.411. The summed E-state index contributed by atoms with van der Waals surface area (Å²) in [5.41, 5.74) is 1.38. The number of carbonyl (C=O) groups is 1. The maximum absolute atomic E-state index is 12.2. The number of benzene rings is 2. The predicted octanol–water partition coefficient (Wildman–Crippen LogP) is 5.02. The van der Waals surface area contributed by atoms with E-state index in [0.29, 0.717) is 22.2 Å². The molecule has 0 spiro atoms. The number of anilines is 1. The summed E-state index contributed by atoms with van der Waals surface area (Å²) in [6.45, 7) is 4.52. The molecule has 0 aliphatic rings. The molecule has 0 aliphatic heterocycles. The molecule has 116 valence electrons. The zero-order valence-corrected chi connectivity index (χ0v) is 13.9. The quantitative estimate of drug-likeness (QED) is 0.566. The first-order valence-corrected chi connectivity index (χ1v) is 7.75. The highest BCUT2D eigenvalue weighted by molar-refractivity contribution is 6.31. The Hall–Kier alpha value is -1.71. The smallest absolute Gasteiger partial charge is 0.340 e. The maximum Gasteiger partial charge on any atom is 0.340 e. The standard InChI is InChI=1S/C17H17Cl2NO2/c1-3-20(16-6-4-5-15(19)11-16)12(2)22-17(21)13-7-9-14(18)10-8-13/h4-12H,3H2,1-2H3. The van der Waals surface area contributed by atoms with E-state index in [1.54, 1.807) is 24.3 Å². The Balaban J connectivity index is 2.10. The fraction of sp³-hybridized carbons (Fsp3) is 0.235. The average molecular weight is 338 g/mol. The molecule has 0 heterocycles. The van der Waals surface area contributed by atoms with Crippen molar-refractivity contribution >= 4 is 34.9 Å². The predicted molar refractivity (Wildman–Crippen MR) is 90.8 cm³/mol. The van der Waals surface area contributed by atoms with Crippen LogP contribution in [0.3, 0.4) is 0 Å². The van der Waals surface area contributed by atoms with E-state index in [1.165, 1.54) is 0 Å². The average Bonchev–Trinajstić information content (AvgIpc) is 2.48. The molecular weight excluding hydrogens is 321 g/mol. The fourth-order valence-corrected chi connectivity index (χ4v) is 2.49. The number of esters is 1. The Morgan fingerprint density at radius 2 is 1.82 bits per heavy atom. The molecule has 22 heavy (non-hydrogen) atoms. The summed E-state index contributed by atoms with van der Waals surface area (Å²) in [7, 11) is 0. The summed E-state index contributed by atoms with van der Waals surface area (Å²) in [6.07, 6.45) is -0.411. The van der Waals surface area contributed by atoms with E-state index >= 15 is 0 Å². The monoisotopic (exact) mass is 337 g/mol. The molecule has 0 bridgehead atoms. The van der Waals surface area contributed by atoms with E-state index in [0.717, 1.165) is 5.69 Å². The third-order valence-electron chi connectivity index (χ3n) is 3.28. The van der Waals surface area contributed by atoms with Gasteiger partial charge in [-0.1, -0.05) is 29.3 Å². The number of rotatable bonds is 5. The van der Waals surface area contributed by atoms with Crippen LogP contribution in [0.25, 0.3) is 0 Å². The molecule has 0 radical (unpaired) electrons. The SMILES string of the molecule is CCN(c1cccc(Cl)c1)C(C)OC(=O)c1ccc(Cl)cc1. The first-order valence-electron chi connectivity index (χ1n) is 7.00. The largest absolute Gasteiger partial charge is 0.438 e. The molecular formula is C17H17Cl2NO2. The molecule has 0 aliphatic carbocycles. The van der Waals surface area contributed by atoms with Crippen molar-refractivity contribution in [3.63, 3.8) is 0 Å². The van der Waals surface area contributed by atoms with Crippen LogP contribution in [-0.4, -0.2) is 18.7 Å². The third kappa shape index (κ3) is 4.15. The number of nitrogens with zero attached hydrogens (tertiary/aromatic N) is 1. The van der Waals surface area contributed by atoms with E-state index in [-0.39, 0.29) is 5.97 Å². The highest BCUT2D eigenvalue weighted by Crippen LogP contribution is 2.22. The first kappa shape index (κ1) is 16.7. The van der Waals surface area contributed by atoms with Crippen molar-refractivity contribution in [3.8, 4) is 0 Å². The summed E-state index contributed by atoms with van der Waals surface area (Å²) >= 11 is 11.8. The number of halogens is 2. The van der Waals surface area contributed by atoms with Crippen molar-refractivity contribution < 1.29 is 9.53 Å². The summed E-state index contributed by atoms with van der Waals surface area (Å²) in [6, 6.07) is 14.1. The van der Waals surface area contributed by atoms with Crippen LogP contribution in [0.2, 0.25) is 10.0 Å². The zero-order chi connectivity index (χ0) is 16.1. The molecule has 2 aromatic carbocycles. The number of carbonyl (C=O) groups excluding carboxylic acids is 1. The topological polar surface area (TPSA) is 29.5 Å². The Bertz CT molecular complexity index is 643. The summed E-state index contributed by atoms with van der Waals surface area (Å²) < 4.78 is 5.52. The molecule has 1 unspecified atom stereocenters. The summed E-state index contributed by atoms with van der Waals surface area (Å²) in [4.78, 5) is 14.1. The Morgan fingerprint density at radius 1 is 1.14 bits per heavy atom. The van der Waals surface area contributed by atoms with E-state index in [1.807, 2.05) is 43.0 Å². The summed E-state index contributed by atoms with van der Waals surface area (Å²) in [5, 5.41) is 1.23. The van der Waals surface area contributed by atoms with Gasteiger partial charge in [0.1, 0.15) is 0 Å². The van der Waals surface area contributed by atoms with Gasteiger partial charge in [-0.15, -0.1) is 0 Å². The second-order valence-electron chi connectivity index (χ2n) is 4.78. The van der Waals surface area contributed by atoms with Crippen molar-refractivity contribution in [2.45, 2.75) is 20.1 Å². The molecule has 2 aromatic rings. The fourth-order valence-electron chi connectivity index (χ4n) is 2.18. The Morgan fingerprint density at radius 3 is 2.41 bits per heavy atom. The minimum absolute atomic E-state index is 0.385. The molecule has 0 N–H and O–H groups in total. The van der Waals surface area contributed by atoms with Crippen LogP contribution >= 0.6 is 23.2 Å². The van der Waals surface area contributed by atoms with Gasteiger partial charge in [-0.3, -0.25) is 0 Å². The molecule has 5 heteroatoms. The van der Waals surface area contributed by atoms with Crippen LogP contribution in [0.4, 0.5) is 5.69 Å². The van der Waals surface area contributed by atoms with Crippen LogP contribution in [0.15, 0.2) is 48.5 Å². The van der Waals surface area contributed by atoms with Crippen molar-refractivity contribution in [1.82, 2.24) is 0 Å². The molecule has 0 saturated heterocycles. The summed E-state index contributed by atoms with van der Waals surface area (Å²) in [5.74, 6) is -0.385. The number of ether oxygens (including phenoxy) is 1. The highest BCUT2D eigenvalue weighted by atomic mass is 35.5. The lowest BCUT2D eigenvalue weighted by Crippen LogP contribution is -2.36. The van der Waals surface area contributed by atoms with Crippen molar-refractivity contribution in [3.05, 3.63) is 64.1 Å². The lowest BCUT2D eigenvalue weighted by molar-refractivity contribution is 0.0336. The van der Waals surface area contributed by atoms with Crippen molar-refractivity contribution in [2.24, 2.45) is 0 Å². The van der Waals surface area contributed by atoms with Gasteiger partial charge in [0.15, 0.2) is 6.23 Å². The number of hydrogen-bond acceptors (Lipinski definition) is 3. The van der Waals surface area contributed by atoms with E-state index in [2.05, 4.69) is 0 Å². The zero-order valence-electron chi connectivity index (χ0n) is 12.4. The second-order valence-corrected chi connectivity index (χ2v) is 5.65. The molecule has 2 rings (SSSR count). The van der Waals surface area contributed by atoms with Gasteiger partial charge in [-0.25, -0.2) is 4.79 Å². The van der Waals surface area contributed by atoms with Gasteiger partial charge in [0.25, 0.3) is 0 Å². The number of hydrogen-bond donors (Lipinski definition) is 0. The van der Waals surface area contributed by atoms with Crippen LogP contribution < -0.4 is 4.90 Å². The normalized spacial score (nSPS) is 11.8. The first-order chi connectivity index (χ1) is 10.5. The van der Waals surface area contributed by atoms with Crippen LogP contribution in [0, 0.1) is 0 Å². The lowest BCUT2D eigenvalue weighted by Gasteiger charge is -2.29. The molecule has 3 nitrogen and oxygen atoms in total. The van der Waals surface area contributed by atoms with Gasteiger partial charge in [0.05, 0.1) is 5.56 Å². The van der Waals surface area contributed by atoms with Gasteiger partial charge < -0.3 is 9.64 Å². The molecule has 1 atom stereocenters. The molecule has 0 saturated carbocycles. The van der Waals surface area contributed by atoms with Gasteiger partial charge in [-0.2, -0.15) is 0 Å². The Labute approximate surface area is 140 Å². The van der Waals surface area contributed by atoms with E-state index in [9.17, 15) is 4.79 Å². The maximum atomic E-state index is 12.2. The van der Waals surface area contributed by atoms with Gasteiger partial charge >= 0.3 is 5.97 Å². The van der Waals surface area contributed by atoms with Crippen molar-refractivity contribution in [1.29, 1.82) is 0 Å². The van der Waals surface area contributed by atoms with Crippen LogP contribution in [0.1, 0.15) is 24.2 Å². The van der Waals surface area contributed by atoms with Crippen LogP contribution in [-0.2, 0) is 4.74 Å². The van der Waals surface area contributed by atoms with Gasteiger partial charge in [0.2, 0.25) is 0 Å². The van der Waals surface area contributed by atoms with Crippen LogP contribution in [0.5, 0.6) is 0 Å². The van der Waals surface area contributed by atoms with Crippen molar-refractivity contribution in [2.75, 3.05) is 11.4 Å². The van der Waals surface area contributed by atoms with E-state index < -0.39 is 6.23 Å². The molecule has 0 amide bonds. The minimum Gasteiger partial charge on any atom is -0.438 e. The highest BCUT2D eigenvalue weighted by Gasteiger charge is 2.18.